The van der Waals surface area contributed by atoms with Gasteiger partial charge in [0.15, 0.2) is 10.9 Å². The van der Waals surface area contributed by atoms with Crippen molar-refractivity contribution in [3.05, 3.63) is 75.7 Å². The number of hydrogen-bond acceptors (Lipinski definition) is 5. The quantitative estimate of drug-likeness (QED) is 0.356. The molecular formula is C22H21N3O3S2. The molecule has 6 nitrogen and oxygen atoms in total. The van der Waals surface area contributed by atoms with Gasteiger partial charge in [0.25, 0.3) is 0 Å². The minimum absolute atomic E-state index is 0.0226. The molecule has 2 aromatic carbocycles. The van der Waals surface area contributed by atoms with E-state index in [-0.39, 0.29) is 21.7 Å². The first kappa shape index (κ1) is 21.7. The van der Waals surface area contributed by atoms with Crippen LogP contribution in [0.5, 0.6) is 0 Å². The first-order valence-corrected chi connectivity index (χ1v) is 10.5. The van der Waals surface area contributed by atoms with Gasteiger partial charge in [0.05, 0.1) is 16.5 Å². The van der Waals surface area contributed by atoms with Gasteiger partial charge in [0, 0.05) is 11.3 Å². The maximum absolute atomic E-state index is 12.9. The van der Waals surface area contributed by atoms with Crippen molar-refractivity contribution in [2.75, 3.05) is 5.32 Å². The predicted octanol–water partition coefficient (Wildman–Crippen LogP) is 4.61. The van der Waals surface area contributed by atoms with Crippen LogP contribution in [0.15, 0.2) is 58.5 Å². The molecule has 8 heteroatoms. The second-order valence-corrected chi connectivity index (χ2v) is 8.29. The van der Waals surface area contributed by atoms with E-state index >= 15 is 0 Å². The molecule has 3 N–H and O–H groups in total. The van der Waals surface area contributed by atoms with Crippen LogP contribution in [0.3, 0.4) is 0 Å². The van der Waals surface area contributed by atoms with Crippen LogP contribution in [0, 0.1) is 13.8 Å². The Balaban J connectivity index is 1.61. The van der Waals surface area contributed by atoms with E-state index in [0.29, 0.717) is 17.0 Å². The maximum Gasteiger partial charge on any atom is 0.335 e. The summed E-state index contributed by atoms with van der Waals surface area (Å²) < 4.78 is 0. The number of aromatic carboxylic acids is 1. The van der Waals surface area contributed by atoms with Crippen molar-refractivity contribution < 1.29 is 14.7 Å². The molecule has 0 aliphatic carbocycles. The molecule has 0 saturated heterocycles. The molecule has 0 spiro atoms. The highest BCUT2D eigenvalue weighted by Gasteiger charge is 2.31. The minimum Gasteiger partial charge on any atom is -0.478 e. The zero-order valence-corrected chi connectivity index (χ0v) is 18.4. The monoisotopic (exact) mass is 439 g/mol. The van der Waals surface area contributed by atoms with E-state index in [0.717, 1.165) is 11.1 Å². The average molecular weight is 440 g/mol. The van der Waals surface area contributed by atoms with Crippen LogP contribution in [0.25, 0.3) is 0 Å². The number of nitrogens with zero attached hydrogens (tertiary/aromatic N) is 1. The SMILES string of the molecule is C/C(=N\NC(=S)Nc1ccc(C(=O)O)cc1)C1=CSC(c2ccc(C)c(C)c2)C1=O. The summed E-state index contributed by atoms with van der Waals surface area (Å²) in [5.74, 6) is -0.969. The highest BCUT2D eigenvalue weighted by molar-refractivity contribution is 8.03. The Bertz CT molecular complexity index is 1080. The van der Waals surface area contributed by atoms with Gasteiger partial charge in [-0.2, -0.15) is 5.10 Å². The molecule has 154 valence electrons. The van der Waals surface area contributed by atoms with Gasteiger partial charge in [0.2, 0.25) is 0 Å². The number of carbonyl (C=O) groups is 2. The van der Waals surface area contributed by atoms with Crippen LogP contribution in [-0.2, 0) is 4.79 Å². The largest absolute Gasteiger partial charge is 0.478 e. The lowest BCUT2D eigenvalue weighted by atomic mass is 9.98. The summed E-state index contributed by atoms with van der Waals surface area (Å²) in [6, 6.07) is 12.3. The molecule has 1 aliphatic rings. The van der Waals surface area contributed by atoms with E-state index in [1.54, 1.807) is 19.1 Å². The van der Waals surface area contributed by atoms with Crippen molar-refractivity contribution in [1.29, 1.82) is 0 Å². The molecule has 0 fully saturated rings. The van der Waals surface area contributed by atoms with Gasteiger partial charge in [-0.3, -0.25) is 10.2 Å². The number of Topliss-reactive ketones (excluding diaryl/α,β-unsaturated/α-hetero) is 1. The van der Waals surface area contributed by atoms with Gasteiger partial charge in [-0.15, -0.1) is 11.8 Å². The normalized spacial score (nSPS) is 16.2. The smallest absolute Gasteiger partial charge is 0.335 e. The molecule has 30 heavy (non-hydrogen) atoms. The Kier molecular flexibility index (Phi) is 6.69. The number of thiocarbonyl (C=S) groups is 1. The molecule has 2 aromatic rings. The average Bonchev–Trinajstić information content (AvgIpc) is 3.10. The van der Waals surface area contributed by atoms with E-state index in [2.05, 4.69) is 21.9 Å². The standard InChI is InChI=1S/C22H21N3O3S2/c1-12-4-5-16(10-13(12)2)20-19(26)18(11-30-20)14(3)24-25-22(29)23-17-8-6-15(7-9-17)21(27)28/h4-11,20H,1-3H3,(H,27,28)(H2,23,25,29)/b24-14+. The summed E-state index contributed by atoms with van der Waals surface area (Å²) in [4.78, 5) is 23.8. The zero-order chi connectivity index (χ0) is 21.8. The van der Waals surface area contributed by atoms with Gasteiger partial charge in [-0.1, -0.05) is 18.2 Å². The van der Waals surface area contributed by atoms with Crippen molar-refractivity contribution >= 4 is 52.2 Å². The number of hydrogen-bond donors (Lipinski definition) is 3. The molecule has 1 atom stereocenters. The Morgan fingerprint density at radius 2 is 1.83 bits per heavy atom. The Labute approximate surface area is 184 Å². The summed E-state index contributed by atoms with van der Waals surface area (Å²) in [5.41, 5.74) is 8.00. The molecule has 0 saturated carbocycles. The fraction of sp³-hybridized carbons (Fsp3) is 0.182. The molecule has 1 unspecified atom stereocenters. The van der Waals surface area contributed by atoms with Crippen molar-refractivity contribution in [2.24, 2.45) is 5.10 Å². The molecule has 0 bridgehead atoms. The number of benzene rings is 2. The molecule has 0 aromatic heterocycles. The highest BCUT2D eigenvalue weighted by Crippen LogP contribution is 2.40. The van der Waals surface area contributed by atoms with Crippen LogP contribution >= 0.6 is 24.0 Å². The van der Waals surface area contributed by atoms with E-state index < -0.39 is 5.97 Å². The number of aryl methyl sites for hydroxylation is 2. The van der Waals surface area contributed by atoms with Gasteiger partial charge in [-0.05, 0) is 79.4 Å². The number of thioether (sulfide) groups is 1. The highest BCUT2D eigenvalue weighted by atomic mass is 32.2. The Morgan fingerprint density at radius 1 is 1.13 bits per heavy atom. The summed E-state index contributed by atoms with van der Waals surface area (Å²) in [6.07, 6.45) is 0. The molecule has 0 amide bonds. The number of carboxylic acid groups (broad SMARTS) is 1. The van der Waals surface area contributed by atoms with Gasteiger partial charge < -0.3 is 10.4 Å². The van der Waals surface area contributed by atoms with Gasteiger partial charge >= 0.3 is 5.97 Å². The van der Waals surface area contributed by atoms with Crippen LogP contribution in [-0.4, -0.2) is 27.7 Å². The molecular weight excluding hydrogens is 418 g/mol. The summed E-state index contributed by atoms with van der Waals surface area (Å²) in [6.45, 7) is 5.84. The number of carbonyl (C=O) groups excluding carboxylic acids is 1. The van der Waals surface area contributed by atoms with E-state index in [9.17, 15) is 9.59 Å². The lowest BCUT2D eigenvalue weighted by Crippen LogP contribution is -2.25. The Hall–Kier alpha value is -2.97. The fourth-order valence-electron chi connectivity index (χ4n) is 2.87. The number of ketones is 1. The van der Waals surface area contributed by atoms with Gasteiger partial charge in [0.1, 0.15) is 0 Å². The van der Waals surface area contributed by atoms with Crippen LogP contribution in [0.1, 0.15) is 39.2 Å². The van der Waals surface area contributed by atoms with E-state index in [4.69, 9.17) is 17.3 Å². The molecule has 0 radical (unpaired) electrons. The lowest BCUT2D eigenvalue weighted by Gasteiger charge is -2.11. The number of nitrogens with one attached hydrogen (secondary N) is 2. The van der Waals surface area contributed by atoms with Gasteiger partial charge in [-0.25, -0.2) is 4.79 Å². The van der Waals surface area contributed by atoms with Crippen molar-refractivity contribution in [1.82, 2.24) is 5.43 Å². The fourth-order valence-corrected chi connectivity index (χ4v) is 4.15. The first-order chi connectivity index (χ1) is 14.3. The molecule has 1 aliphatic heterocycles. The second-order valence-electron chi connectivity index (χ2n) is 6.90. The summed E-state index contributed by atoms with van der Waals surface area (Å²) in [5, 5.41) is 17.9. The third kappa shape index (κ3) is 4.95. The van der Waals surface area contributed by atoms with Crippen LogP contribution < -0.4 is 10.7 Å². The topological polar surface area (TPSA) is 90.8 Å². The van der Waals surface area contributed by atoms with Crippen LogP contribution in [0.2, 0.25) is 0 Å². The van der Waals surface area contributed by atoms with Crippen molar-refractivity contribution in [2.45, 2.75) is 26.0 Å². The number of rotatable bonds is 5. The molecule has 1 heterocycles. The number of allylic oxidation sites excluding steroid dienone is 1. The summed E-state index contributed by atoms with van der Waals surface area (Å²) in [7, 11) is 0. The van der Waals surface area contributed by atoms with Crippen molar-refractivity contribution in [3.8, 4) is 0 Å². The van der Waals surface area contributed by atoms with E-state index in [1.165, 1.54) is 29.5 Å². The lowest BCUT2D eigenvalue weighted by molar-refractivity contribution is -0.114. The molecule has 3 rings (SSSR count). The summed E-state index contributed by atoms with van der Waals surface area (Å²) >= 11 is 6.69. The Morgan fingerprint density at radius 3 is 2.47 bits per heavy atom. The van der Waals surface area contributed by atoms with E-state index in [1.807, 2.05) is 31.4 Å². The van der Waals surface area contributed by atoms with Crippen molar-refractivity contribution in [3.63, 3.8) is 0 Å². The maximum atomic E-state index is 12.9. The number of anilines is 1. The predicted molar refractivity (Wildman–Crippen MR) is 125 cm³/mol. The zero-order valence-electron chi connectivity index (χ0n) is 16.7. The third-order valence-corrected chi connectivity index (χ3v) is 6.09. The second kappa shape index (κ2) is 9.23. The van der Waals surface area contributed by atoms with Crippen LogP contribution in [0.4, 0.5) is 5.69 Å². The minimum atomic E-state index is -0.992. The third-order valence-electron chi connectivity index (χ3n) is 4.76. The first-order valence-electron chi connectivity index (χ1n) is 9.18. The number of hydrazone groups is 1. The number of carboxylic acids is 1.